The normalized spacial score (nSPS) is 14.6. The number of hydrogen-bond acceptors (Lipinski definition) is 7. The minimum absolute atomic E-state index is 0.0692. The first kappa shape index (κ1) is 25.2. The quantitative estimate of drug-likeness (QED) is 0.480. The van der Waals surface area contributed by atoms with E-state index >= 15 is 0 Å². The van der Waals surface area contributed by atoms with Crippen molar-refractivity contribution in [3.05, 3.63) is 97.7 Å². The Balaban J connectivity index is 1.79. The number of pyridine rings is 1. The van der Waals surface area contributed by atoms with Gasteiger partial charge in [0.05, 0.1) is 32.8 Å². The number of esters is 1. The van der Waals surface area contributed by atoms with Gasteiger partial charge < -0.3 is 29.2 Å². The number of nitrogens with zero attached hydrogens (tertiary/aromatic N) is 1. The zero-order valence-corrected chi connectivity index (χ0v) is 21.2. The molecule has 2 heterocycles. The first-order chi connectivity index (χ1) is 17.3. The largest absolute Gasteiger partial charge is 0.493 e. The van der Waals surface area contributed by atoms with E-state index in [0.717, 1.165) is 5.56 Å². The Morgan fingerprint density at radius 1 is 1.06 bits per heavy atom. The topological polar surface area (TPSA) is 102 Å². The van der Waals surface area contributed by atoms with Crippen LogP contribution in [0.15, 0.2) is 64.8 Å². The van der Waals surface area contributed by atoms with Crippen LogP contribution in [-0.2, 0) is 22.5 Å². The maximum absolute atomic E-state index is 13.9. The Morgan fingerprint density at radius 2 is 1.75 bits per heavy atom. The second-order valence-electron chi connectivity index (χ2n) is 8.32. The van der Waals surface area contributed by atoms with Gasteiger partial charge in [0.1, 0.15) is 11.3 Å². The molecule has 1 atom stereocenters. The third-order valence-electron chi connectivity index (χ3n) is 6.25. The van der Waals surface area contributed by atoms with Crippen LogP contribution in [0.3, 0.4) is 0 Å². The molecule has 9 heteroatoms. The number of hydrogen-bond donors (Lipinski definition) is 1. The van der Waals surface area contributed by atoms with E-state index in [-0.39, 0.29) is 17.0 Å². The predicted octanol–water partition coefficient (Wildman–Crippen LogP) is 3.94. The Kier molecular flexibility index (Phi) is 7.26. The Bertz CT molecular complexity index is 1390. The number of methoxy groups -OCH3 is 3. The van der Waals surface area contributed by atoms with Gasteiger partial charge in [0.15, 0.2) is 11.5 Å². The van der Waals surface area contributed by atoms with Crippen molar-refractivity contribution < 1.29 is 23.7 Å². The molecule has 36 heavy (non-hydrogen) atoms. The van der Waals surface area contributed by atoms with E-state index in [4.69, 9.17) is 36.3 Å². The predicted molar refractivity (Wildman–Crippen MR) is 136 cm³/mol. The maximum Gasteiger partial charge on any atom is 0.340 e. The van der Waals surface area contributed by atoms with Gasteiger partial charge in [-0.1, -0.05) is 29.8 Å². The van der Waals surface area contributed by atoms with Gasteiger partial charge in [-0.2, -0.15) is 0 Å². The molecule has 8 nitrogen and oxygen atoms in total. The lowest BCUT2D eigenvalue weighted by atomic mass is 9.83. The third-order valence-corrected chi connectivity index (χ3v) is 6.50. The van der Waals surface area contributed by atoms with Crippen LogP contribution in [0.4, 0.5) is 0 Å². The fourth-order valence-electron chi connectivity index (χ4n) is 4.44. The Hall–Kier alpha value is -3.91. The van der Waals surface area contributed by atoms with Crippen molar-refractivity contribution in [2.45, 2.75) is 25.8 Å². The lowest BCUT2D eigenvalue weighted by Gasteiger charge is -2.29. The zero-order chi connectivity index (χ0) is 26.0. The highest BCUT2D eigenvalue weighted by atomic mass is 35.5. The number of rotatable bonds is 7. The van der Waals surface area contributed by atoms with Gasteiger partial charge in [-0.25, -0.2) is 4.79 Å². The van der Waals surface area contributed by atoms with Gasteiger partial charge in [-0.3, -0.25) is 4.79 Å². The number of ether oxygens (including phenoxy) is 4. The molecular formula is C27H27ClN2O6. The summed E-state index contributed by atoms with van der Waals surface area (Å²) in [5.74, 6) is 0.00471. The van der Waals surface area contributed by atoms with Gasteiger partial charge in [-0.05, 0) is 48.7 Å². The SMILES string of the molecule is COC(=O)C1=C(N)Oc2cc(C)n(CCc3ccc(OC)c(OC)c3)c(=O)c2[C@@H]1c1ccc(Cl)cc1. The van der Waals surface area contributed by atoms with Crippen LogP contribution in [0.2, 0.25) is 5.02 Å². The molecular weight excluding hydrogens is 484 g/mol. The fraction of sp³-hybridized carbons (Fsp3) is 0.259. The summed E-state index contributed by atoms with van der Waals surface area (Å²) in [6.45, 7) is 2.22. The Labute approximate surface area is 213 Å². The van der Waals surface area contributed by atoms with Crippen LogP contribution in [0.5, 0.6) is 17.2 Å². The molecule has 0 aliphatic carbocycles. The molecule has 0 saturated carbocycles. The van der Waals surface area contributed by atoms with Crippen LogP contribution in [0.1, 0.15) is 28.3 Å². The van der Waals surface area contributed by atoms with E-state index in [9.17, 15) is 9.59 Å². The van der Waals surface area contributed by atoms with Gasteiger partial charge in [0.25, 0.3) is 5.56 Å². The summed E-state index contributed by atoms with van der Waals surface area (Å²) in [7, 11) is 4.42. The van der Waals surface area contributed by atoms with Gasteiger partial charge in [-0.15, -0.1) is 0 Å². The van der Waals surface area contributed by atoms with Crippen molar-refractivity contribution in [1.29, 1.82) is 0 Å². The standard InChI is InChI=1S/C27H27ClN2O6/c1-15-13-21-23(26(31)30(15)12-11-16-5-10-19(33-2)20(14-16)34-3)22(17-6-8-18(28)9-7-17)24(25(29)36-21)27(32)35-4/h5-10,13-14,22H,11-12,29H2,1-4H3/t22-/m0/s1. The Morgan fingerprint density at radius 3 is 2.39 bits per heavy atom. The van der Waals surface area contributed by atoms with Crippen LogP contribution in [-0.4, -0.2) is 31.9 Å². The van der Waals surface area contributed by atoms with Gasteiger partial charge in [0, 0.05) is 23.3 Å². The molecule has 188 valence electrons. The maximum atomic E-state index is 13.9. The average Bonchev–Trinajstić information content (AvgIpc) is 2.87. The number of aryl methyl sites for hydroxylation is 2. The molecule has 1 aliphatic rings. The number of benzene rings is 2. The van der Waals surface area contributed by atoms with E-state index in [1.807, 2.05) is 25.1 Å². The molecule has 4 rings (SSSR count). The van der Waals surface area contributed by atoms with Crippen molar-refractivity contribution in [1.82, 2.24) is 4.57 Å². The van der Waals surface area contributed by atoms with E-state index in [2.05, 4.69) is 0 Å². The summed E-state index contributed by atoms with van der Waals surface area (Å²) >= 11 is 6.09. The molecule has 0 fully saturated rings. The minimum Gasteiger partial charge on any atom is -0.493 e. The molecule has 0 amide bonds. The van der Waals surface area contributed by atoms with Crippen LogP contribution in [0, 0.1) is 6.92 Å². The van der Waals surface area contributed by atoms with Crippen molar-refractivity contribution in [3.8, 4) is 17.2 Å². The third kappa shape index (κ3) is 4.64. The number of halogens is 1. The molecule has 3 aromatic rings. The lowest BCUT2D eigenvalue weighted by Crippen LogP contribution is -2.35. The summed E-state index contributed by atoms with van der Waals surface area (Å²) < 4.78 is 23.1. The second kappa shape index (κ2) is 10.4. The second-order valence-corrected chi connectivity index (χ2v) is 8.75. The van der Waals surface area contributed by atoms with Gasteiger partial charge in [0.2, 0.25) is 5.88 Å². The number of carbonyl (C=O) groups excluding carboxylic acids is 1. The molecule has 2 aromatic carbocycles. The summed E-state index contributed by atoms with van der Waals surface area (Å²) in [6.07, 6.45) is 0.564. The van der Waals surface area contributed by atoms with Crippen molar-refractivity contribution in [2.24, 2.45) is 5.73 Å². The summed E-state index contributed by atoms with van der Waals surface area (Å²) in [5.41, 5.74) is 8.59. The zero-order valence-electron chi connectivity index (χ0n) is 20.5. The van der Waals surface area contributed by atoms with Crippen LogP contribution >= 0.6 is 11.6 Å². The minimum atomic E-state index is -0.779. The van der Waals surface area contributed by atoms with Crippen LogP contribution < -0.4 is 25.5 Å². The van der Waals surface area contributed by atoms with E-state index in [0.29, 0.717) is 52.1 Å². The molecule has 2 N–H and O–H groups in total. The highest BCUT2D eigenvalue weighted by molar-refractivity contribution is 6.30. The van der Waals surface area contributed by atoms with E-state index in [1.165, 1.54) is 7.11 Å². The average molecular weight is 511 g/mol. The molecule has 0 saturated heterocycles. The number of nitrogens with two attached hydrogens (primary N) is 1. The monoisotopic (exact) mass is 510 g/mol. The molecule has 1 aliphatic heterocycles. The van der Waals surface area contributed by atoms with E-state index in [1.54, 1.807) is 49.1 Å². The number of fused-ring (bicyclic) bond motifs is 1. The molecule has 0 radical (unpaired) electrons. The molecule has 1 aromatic heterocycles. The fourth-order valence-corrected chi connectivity index (χ4v) is 4.56. The lowest BCUT2D eigenvalue weighted by molar-refractivity contribution is -0.136. The molecule has 0 unspecified atom stereocenters. The van der Waals surface area contributed by atoms with Crippen molar-refractivity contribution in [2.75, 3.05) is 21.3 Å². The molecule has 0 bridgehead atoms. The van der Waals surface area contributed by atoms with Crippen LogP contribution in [0.25, 0.3) is 0 Å². The summed E-state index contributed by atoms with van der Waals surface area (Å²) in [4.78, 5) is 26.6. The van der Waals surface area contributed by atoms with E-state index < -0.39 is 11.9 Å². The molecule has 0 spiro atoms. The number of carbonyl (C=O) groups is 1. The van der Waals surface area contributed by atoms with Gasteiger partial charge >= 0.3 is 5.97 Å². The highest BCUT2D eigenvalue weighted by Gasteiger charge is 2.38. The first-order valence-corrected chi connectivity index (χ1v) is 11.6. The van der Waals surface area contributed by atoms with Crippen molar-refractivity contribution in [3.63, 3.8) is 0 Å². The number of aromatic nitrogens is 1. The summed E-state index contributed by atoms with van der Waals surface area (Å²) in [6, 6.07) is 14.3. The summed E-state index contributed by atoms with van der Waals surface area (Å²) in [5, 5.41) is 0.527. The smallest absolute Gasteiger partial charge is 0.340 e. The van der Waals surface area contributed by atoms with Crippen molar-refractivity contribution >= 4 is 17.6 Å². The highest BCUT2D eigenvalue weighted by Crippen LogP contribution is 2.41. The first-order valence-electron chi connectivity index (χ1n) is 11.3.